The zero-order chi connectivity index (χ0) is 24.3. The van der Waals surface area contributed by atoms with Crippen LogP contribution < -0.4 is 10.4 Å². The minimum Gasteiger partial charge on any atom is -0.447 e. The number of cyclic esters (lactones) is 1. The summed E-state index contributed by atoms with van der Waals surface area (Å²) in [6.07, 6.45) is 0.720. The molecule has 0 bridgehead atoms. The second-order valence-electron chi connectivity index (χ2n) is 10.2. The summed E-state index contributed by atoms with van der Waals surface area (Å²) >= 11 is 0. The molecule has 2 amide bonds. The Labute approximate surface area is 203 Å². The number of carbonyl (C=O) groups excluding carboxylic acids is 2. The number of carbonyl (C=O) groups is 2. The lowest BCUT2D eigenvalue weighted by atomic mass is 10.0. The molecule has 0 aliphatic carbocycles. The largest absolute Gasteiger partial charge is 0.447 e. The summed E-state index contributed by atoms with van der Waals surface area (Å²) in [6, 6.07) is 21.1. The quantitative estimate of drug-likeness (QED) is 0.564. The Bertz CT molecular complexity index is 952. The van der Waals surface area contributed by atoms with Gasteiger partial charge in [-0.1, -0.05) is 88.4 Å². The minimum atomic E-state index is -2.63. The Morgan fingerprint density at radius 2 is 1.65 bits per heavy atom. The molecule has 0 aromatic heterocycles. The van der Waals surface area contributed by atoms with Crippen molar-refractivity contribution < 1.29 is 23.5 Å². The summed E-state index contributed by atoms with van der Waals surface area (Å²) in [6.45, 7) is 9.65. The van der Waals surface area contributed by atoms with Gasteiger partial charge in [-0.05, 0) is 28.3 Å². The molecule has 4 rings (SSSR count). The van der Waals surface area contributed by atoms with Crippen LogP contribution in [0.25, 0.3) is 0 Å². The van der Waals surface area contributed by atoms with Gasteiger partial charge in [0, 0.05) is 0 Å². The van der Waals surface area contributed by atoms with Gasteiger partial charge < -0.3 is 13.9 Å². The third-order valence-corrected chi connectivity index (χ3v) is 12.0. The average Bonchev–Trinajstić information content (AvgIpc) is 3.48. The van der Waals surface area contributed by atoms with Crippen LogP contribution in [-0.2, 0) is 18.7 Å². The zero-order valence-corrected chi connectivity index (χ0v) is 21.5. The number of hydrogen-bond donors (Lipinski definition) is 0. The molecule has 2 aromatic carbocycles. The highest BCUT2D eigenvalue weighted by Crippen LogP contribution is 2.37. The SMILES string of the molecule is C[C@H](C(=O)N1CCOC1=O)[C@@H]1CC[C@@H](CO[Si](c2ccccc2)(c2ccccc2)C(C)(C)C)O1. The molecule has 2 aliphatic heterocycles. The molecule has 2 heterocycles. The van der Waals surface area contributed by atoms with Gasteiger partial charge in [-0.2, -0.15) is 0 Å². The van der Waals surface area contributed by atoms with Gasteiger partial charge >= 0.3 is 6.09 Å². The summed E-state index contributed by atoms with van der Waals surface area (Å²) in [5, 5.41) is 2.37. The fourth-order valence-corrected chi connectivity index (χ4v) is 9.79. The van der Waals surface area contributed by atoms with Crippen molar-refractivity contribution in [3.8, 4) is 0 Å². The van der Waals surface area contributed by atoms with E-state index in [4.69, 9.17) is 13.9 Å². The fourth-order valence-electron chi connectivity index (χ4n) is 5.20. The average molecular weight is 482 g/mol. The Morgan fingerprint density at radius 3 is 2.15 bits per heavy atom. The summed E-state index contributed by atoms with van der Waals surface area (Å²) in [4.78, 5) is 25.8. The molecular formula is C27H35NO5Si. The van der Waals surface area contributed by atoms with Crippen LogP contribution in [0.15, 0.2) is 60.7 Å². The van der Waals surface area contributed by atoms with Gasteiger partial charge in [-0.3, -0.25) is 4.79 Å². The second-order valence-corrected chi connectivity index (χ2v) is 14.5. The van der Waals surface area contributed by atoms with Crippen molar-refractivity contribution in [2.45, 2.75) is 57.8 Å². The third kappa shape index (κ3) is 4.69. The van der Waals surface area contributed by atoms with E-state index in [0.717, 1.165) is 12.8 Å². The van der Waals surface area contributed by atoms with Gasteiger partial charge in [0.15, 0.2) is 0 Å². The van der Waals surface area contributed by atoms with Gasteiger partial charge in [-0.15, -0.1) is 0 Å². The number of hydrogen-bond acceptors (Lipinski definition) is 5. The van der Waals surface area contributed by atoms with Crippen LogP contribution in [-0.4, -0.2) is 57.2 Å². The standard InChI is InChI=1S/C27H35NO5Si/c1-20(25(29)28-17-18-31-26(28)30)24-16-15-21(33-24)19-32-34(27(2,3)4,22-11-7-5-8-12-22)23-13-9-6-10-14-23/h5-14,20-21,24H,15-19H2,1-4H3/t20-,21-,24-/m0/s1. The van der Waals surface area contributed by atoms with Gasteiger partial charge in [0.1, 0.15) is 6.61 Å². The van der Waals surface area contributed by atoms with Crippen LogP contribution in [0.2, 0.25) is 5.04 Å². The normalized spacial score (nSPS) is 22.0. The summed E-state index contributed by atoms with van der Waals surface area (Å²) in [5.41, 5.74) is 0. The van der Waals surface area contributed by atoms with Crippen LogP contribution >= 0.6 is 0 Å². The number of nitrogens with zero attached hydrogens (tertiary/aromatic N) is 1. The number of rotatable bonds is 7. The maximum Gasteiger partial charge on any atom is 0.416 e. The highest BCUT2D eigenvalue weighted by atomic mass is 28.4. The Morgan fingerprint density at radius 1 is 1.06 bits per heavy atom. The summed E-state index contributed by atoms with van der Waals surface area (Å²) in [7, 11) is -2.63. The third-order valence-electron chi connectivity index (χ3n) is 7.02. The molecule has 0 N–H and O–H groups in total. The minimum absolute atomic E-state index is 0.0903. The van der Waals surface area contributed by atoms with E-state index < -0.39 is 20.3 Å². The smallest absolute Gasteiger partial charge is 0.416 e. The van der Waals surface area contributed by atoms with Crippen molar-refractivity contribution in [3.05, 3.63) is 60.7 Å². The molecular weight excluding hydrogens is 446 g/mol. The van der Waals surface area contributed by atoms with Crippen LogP contribution in [0.4, 0.5) is 4.79 Å². The first-order valence-corrected chi connectivity index (χ1v) is 14.0. The topological polar surface area (TPSA) is 65.1 Å². The molecule has 182 valence electrons. The predicted molar refractivity (Wildman–Crippen MR) is 134 cm³/mol. The number of imide groups is 1. The van der Waals surface area contributed by atoms with Crippen molar-refractivity contribution >= 4 is 30.7 Å². The van der Waals surface area contributed by atoms with E-state index in [2.05, 4.69) is 69.3 Å². The maximum absolute atomic E-state index is 12.8. The van der Waals surface area contributed by atoms with Gasteiger partial charge in [0.05, 0.1) is 31.3 Å². The van der Waals surface area contributed by atoms with Crippen molar-refractivity contribution in [1.29, 1.82) is 0 Å². The Balaban J connectivity index is 1.52. The van der Waals surface area contributed by atoms with E-state index >= 15 is 0 Å². The molecule has 2 saturated heterocycles. The molecule has 0 unspecified atom stereocenters. The first-order valence-electron chi connectivity index (χ1n) is 12.1. The van der Waals surface area contributed by atoms with E-state index in [9.17, 15) is 9.59 Å². The van der Waals surface area contributed by atoms with E-state index in [1.807, 2.05) is 19.1 Å². The van der Waals surface area contributed by atoms with Crippen LogP contribution in [0.1, 0.15) is 40.5 Å². The lowest BCUT2D eigenvalue weighted by Crippen LogP contribution is -2.67. The van der Waals surface area contributed by atoms with Crippen molar-refractivity contribution in [2.24, 2.45) is 5.92 Å². The Kier molecular flexibility index (Phi) is 7.26. The molecule has 0 spiro atoms. The van der Waals surface area contributed by atoms with Crippen LogP contribution in [0.3, 0.4) is 0 Å². The molecule has 7 heteroatoms. The fraction of sp³-hybridized carbons (Fsp3) is 0.481. The van der Waals surface area contributed by atoms with Crippen molar-refractivity contribution in [3.63, 3.8) is 0 Å². The van der Waals surface area contributed by atoms with Gasteiger partial charge in [0.2, 0.25) is 5.91 Å². The summed E-state index contributed by atoms with van der Waals surface area (Å²) in [5.74, 6) is -0.621. The lowest BCUT2D eigenvalue weighted by molar-refractivity contribution is -0.136. The van der Waals surface area contributed by atoms with Crippen molar-refractivity contribution in [2.75, 3.05) is 19.8 Å². The molecule has 3 atom stereocenters. The molecule has 0 radical (unpaired) electrons. The van der Waals surface area contributed by atoms with E-state index in [0.29, 0.717) is 13.2 Å². The second kappa shape index (κ2) is 10.0. The highest BCUT2D eigenvalue weighted by Gasteiger charge is 2.51. The number of ether oxygens (including phenoxy) is 2. The first kappa shape index (κ1) is 24.6. The van der Waals surface area contributed by atoms with Gasteiger partial charge in [0.25, 0.3) is 8.32 Å². The van der Waals surface area contributed by atoms with E-state index in [-0.39, 0.29) is 29.8 Å². The first-order chi connectivity index (χ1) is 16.2. The maximum atomic E-state index is 12.8. The predicted octanol–water partition coefficient (Wildman–Crippen LogP) is 3.73. The van der Waals surface area contributed by atoms with Gasteiger partial charge in [-0.25, -0.2) is 9.69 Å². The zero-order valence-electron chi connectivity index (χ0n) is 20.5. The molecule has 2 fully saturated rings. The molecule has 2 aliphatic rings. The van der Waals surface area contributed by atoms with E-state index in [1.54, 1.807) is 0 Å². The Hall–Kier alpha value is -2.48. The molecule has 2 aromatic rings. The summed E-state index contributed by atoms with van der Waals surface area (Å²) < 4.78 is 18.2. The monoisotopic (exact) mass is 481 g/mol. The van der Waals surface area contributed by atoms with E-state index in [1.165, 1.54) is 15.3 Å². The molecule has 6 nitrogen and oxygen atoms in total. The molecule has 34 heavy (non-hydrogen) atoms. The highest BCUT2D eigenvalue weighted by molar-refractivity contribution is 6.99. The lowest BCUT2D eigenvalue weighted by Gasteiger charge is -2.43. The molecule has 0 saturated carbocycles. The van der Waals surface area contributed by atoms with Crippen LogP contribution in [0.5, 0.6) is 0 Å². The number of benzene rings is 2. The van der Waals surface area contributed by atoms with Crippen molar-refractivity contribution in [1.82, 2.24) is 4.90 Å². The van der Waals surface area contributed by atoms with Crippen LogP contribution in [0, 0.1) is 5.92 Å². The number of amides is 2.